The number of carbonyl (C=O) groups is 1. The molecule has 0 unspecified atom stereocenters. The third-order valence-corrected chi connectivity index (χ3v) is 2.39. The third kappa shape index (κ3) is 2.64. The zero-order chi connectivity index (χ0) is 8.10. The van der Waals surface area contributed by atoms with Gasteiger partial charge in [0.1, 0.15) is 5.78 Å². The van der Waals surface area contributed by atoms with Crippen LogP contribution in [0, 0.1) is 12.3 Å². The molecule has 0 atom stereocenters. The lowest BCUT2D eigenvalue weighted by Gasteiger charge is -2.05. The fourth-order valence-electron chi connectivity index (χ4n) is 1.66. The Morgan fingerprint density at radius 1 is 1.45 bits per heavy atom. The number of hydrogen-bond donors (Lipinski definition) is 0. The van der Waals surface area contributed by atoms with Crippen molar-refractivity contribution in [1.82, 2.24) is 0 Å². The molecule has 0 amide bonds. The molecule has 1 rings (SSSR count). The van der Waals surface area contributed by atoms with Crippen LogP contribution in [0.15, 0.2) is 0 Å². The van der Waals surface area contributed by atoms with Crippen LogP contribution in [0.4, 0.5) is 0 Å². The van der Waals surface area contributed by atoms with Gasteiger partial charge in [-0.2, -0.15) is 0 Å². The molecule has 0 N–H and O–H groups in total. The van der Waals surface area contributed by atoms with Gasteiger partial charge in [-0.15, -0.1) is 0 Å². The fourth-order valence-corrected chi connectivity index (χ4v) is 1.66. The Morgan fingerprint density at radius 2 is 2.09 bits per heavy atom. The molecule has 0 bridgehead atoms. The molecule has 0 heterocycles. The van der Waals surface area contributed by atoms with Gasteiger partial charge in [0.25, 0.3) is 0 Å². The van der Waals surface area contributed by atoms with Crippen LogP contribution in [0.25, 0.3) is 0 Å². The molecule has 0 spiro atoms. The van der Waals surface area contributed by atoms with Gasteiger partial charge < -0.3 is 0 Å². The van der Waals surface area contributed by atoms with E-state index in [1.54, 1.807) is 0 Å². The van der Waals surface area contributed by atoms with E-state index in [0.29, 0.717) is 11.7 Å². The van der Waals surface area contributed by atoms with Crippen LogP contribution in [0.1, 0.15) is 45.4 Å². The molecule has 1 fully saturated rings. The quantitative estimate of drug-likeness (QED) is 0.607. The first-order chi connectivity index (χ1) is 5.34. The lowest BCUT2D eigenvalue weighted by atomic mass is 9.98. The summed E-state index contributed by atoms with van der Waals surface area (Å²) < 4.78 is 0. The van der Waals surface area contributed by atoms with Gasteiger partial charge in [-0.3, -0.25) is 4.79 Å². The zero-order valence-electron chi connectivity index (χ0n) is 7.31. The third-order valence-electron chi connectivity index (χ3n) is 2.39. The van der Waals surface area contributed by atoms with Crippen LogP contribution in [-0.4, -0.2) is 5.78 Å². The summed E-state index contributed by atoms with van der Waals surface area (Å²) in [6, 6.07) is 0. The van der Waals surface area contributed by atoms with Crippen molar-refractivity contribution >= 4 is 5.78 Å². The number of hydrogen-bond acceptors (Lipinski definition) is 1. The summed E-state index contributed by atoms with van der Waals surface area (Å²) in [5.41, 5.74) is 0. The Labute approximate surface area is 69.2 Å². The van der Waals surface area contributed by atoms with Crippen LogP contribution in [0.5, 0.6) is 0 Å². The topological polar surface area (TPSA) is 17.1 Å². The Bertz CT molecular complexity index is 123. The second-order valence-electron chi connectivity index (χ2n) is 3.38. The van der Waals surface area contributed by atoms with E-state index in [4.69, 9.17) is 0 Å². The van der Waals surface area contributed by atoms with Crippen molar-refractivity contribution in [2.75, 3.05) is 0 Å². The highest BCUT2D eigenvalue weighted by Crippen LogP contribution is 2.26. The van der Waals surface area contributed by atoms with Crippen molar-refractivity contribution in [2.24, 2.45) is 5.92 Å². The molecule has 1 aliphatic rings. The monoisotopic (exact) mass is 153 g/mol. The first-order valence-electron chi connectivity index (χ1n) is 4.71. The van der Waals surface area contributed by atoms with Gasteiger partial charge in [-0.1, -0.05) is 26.2 Å². The summed E-state index contributed by atoms with van der Waals surface area (Å²) in [6.45, 7) is 2.11. The van der Waals surface area contributed by atoms with Crippen molar-refractivity contribution in [1.29, 1.82) is 0 Å². The van der Waals surface area contributed by atoms with Gasteiger partial charge in [-0.05, 0) is 19.3 Å². The van der Waals surface area contributed by atoms with E-state index >= 15 is 0 Å². The van der Waals surface area contributed by atoms with Crippen molar-refractivity contribution in [2.45, 2.75) is 45.4 Å². The molecular formula is C10H17O. The maximum Gasteiger partial charge on any atom is 0.139 e. The molecule has 63 valence electrons. The van der Waals surface area contributed by atoms with Gasteiger partial charge in [-0.25, -0.2) is 0 Å². The summed E-state index contributed by atoms with van der Waals surface area (Å²) in [5.74, 6) is 0.797. The largest absolute Gasteiger partial charge is 0.299 e. The molecule has 0 aromatic rings. The number of rotatable bonds is 4. The van der Waals surface area contributed by atoms with Crippen LogP contribution < -0.4 is 0 Å². The second-order valence-corrected chi connectivity index (χ2v) is 3.38. The lowest BCUT2D eigenvalue weighted by Crippen LogP contribution is -2.10. The molecule has 0 saturated heterocycles. The van der Waals surface area contributed by atoms with E-state index < -0.39 is 0 Å². The predicted molar refractivity (Wildman–Crippen MR) is 46.2 cm³/mol. The predicted octanol–water partition coefficient (Wildman–Crippen LogP) is 2.75. The van der Waals surface area contributed by atoms with Gasteiger partial charge in [0, 0.05) is 12.3 Å². The molecule has 11 heavy (non-hydrogen) atoms. The highest BCUT2D eigenvalue weighted by atomic mass is 16.1. The number of carbonyl (C=O) groups excluding carboxylic acids is 1. The van der Waals surface area contributed by atoms with Gasteiger partial charge in [0.05, 0.1) is 0 Å². The summed E-state index contributed by atoms with van der Waals surface area (Å²) in [7, 11) is 0. The number of ketones is 1. The molecule has 1 saturated carbocycles. The lowest BCUT2D eigenvalue weighted by molar-refractivity contribution is -0.119. The summed E-state index contributed by atoms with van der Waals surface area (Å²) in [6.07, 6.45) is 8.74. The molecule has 0 aromatic heterocycles. The first-order valence-corrected chi connectivity index (χ1v) is 4.71. The van der Waals surface area contributed by atoms with Crippen molar-refractivity contribution < 1.29 is 4.79 Å². The van der Waals surface area contributed by atoms with E-state index in [1.807, 2.05) is 6.42 Å². The van der Waals surface area contributed by atoms with E-state index in [1.165, 1.54) is 12.8 Å². The minimum atomic E-state index is 0.390. The minimum absolute atomic E-state index is 0.390. The molecule has 1 heteroatoms. The number of Topliss-reactive ketones (excluding diaryl/α,β-unsaturated/α-hetero) is 1. The fraction of sp³-hybridized carbons (Fsp3) is 0.800. The van der Waals surface area contributed by atoms with Gasteiger partial charge in [0.15, 0.2) is 0 Å². The summed E-state index contributed by atoms with van der Waals surface area (Å²) in [4.78, 5) is 11.3. The second kappa shape index (κ2) is 4.53. The van der Waals surface area contributed by atoms with E-state index in [-0.39, 0.29) is 0 Å². The number of unbranched alkanes of at least 4 members (excludes halogenated alkanes) is 1. The molecule has 1 aliphatic carbocycles. The van der Waals surface area contributed by atoms with Crippen LogP contribution >= 0.6 is 0 Å². The summed E-state index contributed by atoms with van der Waals surface area (Å²) >= 11 is 0. The smallest absolute Gasteiger partial charge is 0.139 e. The van der Waals surface area contributed by atoms with Crippen molar-refractivity contribution in [3.05, 3.63) is 6.42 Å². The van der Waals surface area contributed by atoms with E-state index in [9.17, 15) is 4.79 Å². The SMILES string of the molecule is CCC[CH]C(=O)C1CCCC1. The average molecular weight is 153 g/mol. The van der Waals surface area contributed by atoms with Crippen LogP contribution in [0.3, 0.4) is 0 Å². The maximum absolute atomic E-state index is 11.3. The molecule has 0 aliphatic heterocycles. The van der Waals surface area contributed by atoms with Crippen molar-refractivity contribution in [3.8, 4) is 0 Å². The van der Waals surface area contributed by atoms with E-state index in [2.05, 4.69) is 6.92 Å². The maximum atomic E-state index is 11.3. The molecule has 1 radical (unpaired) electrons. The van der Waals surface area contributed by atoms with Crippen LogP contribution in [0.2, 0.25) is 0 Å². The Morgan fingerprint density at radius 3 is 2.64 bits per heavy atom. The molecule has 1 nitrogen and oxygen atoms in total. The van der Waals surface area contributed by atoms with Gasteiger partial charge in [0.2, 0.25) is 0 Å². The molecular weight excluding hydrogens is 136 g/mol. The van der Waals surface area contributed by atoms with Crippen LogP contribution in [-0.2, 0) is 4.79 Å². The summed E-state index contributed by atoms with van der Waals surface area (Å²) in [5, 5.41) is 0. The Kier molecular flexibility index (Phi) is 3.61. The Hall–Kier alpha value is -0.330. The molecule has 0 aromatic carbocycles. The Balaban J connectivity index is 2.17. The highest BCUT2D eigenvalue weighted by Gasteiger charge is 2.21. The minimum Gasteiger partial charge on any atom is -0.299 e. The standard InChI is InChI=1S/C10H17O/c1-2-3-8-10(11)9-6-4-5-7-9/h8-9H,2-7H2,1H3. The average Bonchev–Trinajstić information content (AvgIpc) is 2.52. The normalized spacial score (nSPS) is 19.0. The van der Waals surface area contributed by atoms with Gasteiger partial charge >= 0.3 is 0 Å². The first kappa shape index (κ1) is 8.76. The highest BCUT2D eigenvalue weighted by molar-refractivity contribution is 5.89. The zero-order valence-corrected chi connectivity index (χ0v) is 7.31. The van der Waals surface area contributed by atoms with Crippen molar-refractivity contribution in [3.63, 3.8) is 0 Å². The van der Waals surface area contributed by atoms with E-state index in [0.717, 1.165) is 25.7 Å².